The highest BCUT2D eigenvalue weighted by molar-refractivity contribution is 6.33. The number of aromatic amines is 1. The number of alkyl halides is 1. The van der Waals surface area contributed by atoms with Crippen molar-refractivity contribution in [2.24, 2.45) is 0 Å². The van der Waals surface area contributed by atoms with E-state index in [9.17, 15) is 14.0 Å². The van der Waals surface area contributed by atoms with Crippen LogP contribution in [0.3, 0.4) is 0 Å². The summed E-state index contributed by atoms with van der Waals surface area (Å²) in [5.74, 6) is 0. The first-order chi connectivity index (χ1) is 11.5. The maximum absolute atomic E-state index is 13.1. The Bertz CT molecular complexity index is 648. The fraction of sp³-hybridized carbons (Fsp3) is 0.667. The van der Waals surface area contributed by atoms with Gasteiger partial charge >= 0.3 is 6.09 Å². The van der Waals surface area contributed by atoms with Crippen molar-refractivity contribution in [1.29, 1.82) is 0 Å². The van der Waals surface area contributed by atoms with Crippen LogP contribution in [0.15, 0.2) is 11.0 Å². The molecule has 0 unspecified atom stereocenters. The quantitative estimate of drug-likeness (QED) is 0.863. The Morgan fingerprint density at radius 1 is 1.38 bits per heavy atom. The van der Waals surface area contributed by atoms with Crippen LogP contribution in [0.2, 0.25) is 5.02 Å². The van der Waals surface area contributed by atoms with Gasteiger partial charge in [0.2, 0.25) is 0 Å². The molecule has 2 fully saturated rings. The lowest BCUT2D eigenvalue weighted by Crippen LogP contribution is -2.40. The Morgan fingerprint density at radius 2 is 2.12 bits per heavy atom. The van der Waals surface area contributed by atoms with Crippen molar-refractivity contribution < 1.29 is 13.9 Å². The summed E-state index contributed by atoms with van der Waals surface area (Å²) in [4.78, 5) is 25.3. The van der Waals surface area contributed by atoms with Gasteiger partial charge in [-0.1, -0.05) is 11.6 Å². The molecular formula is C15H20ClFN4O3. The van der Waals surface area contributed by atoms with Crippen LogP contribution in [0.1, 0.15) is 32.1 Å². The van der Waals surface area contributed by atoms with Crippen LogP contribution in [0, 0.1) is 0 Å². The third-order valence-corrected chi connectivity index (χ3v) is 4.88. The number of H-pyrrole nitrogens is 1. The van der Waals surface area contributed by atoms with E-state index in [1.54, 1.807) is 0 Å². The van der Waals surface area contributed by atoms with E-state index in [1.165, 1.54) is 6.20 Å². The number of carbonyl (C=O) groups is 1. The maximum atomic E-state index is 13.1. The van der Waals surface area contributed by atoms with E-state index >= 15 is 0 Å². The molecule has 9 heteroatoms. The van der Waals surface area contributed by atoms with Gasteiger partial charge in [0.15, 0.2) is 0 Å². The molecule has 0 radical (unpaired) electrons. The molecule has 0 bridgehead atoms. The summed E-state index contributed by atoms with van der Waals surface area (Å²) in [6, 6.07) is -0.0201. The number of amides is 1. The zero-order valence-electron chi connectivity index (χ0n) is 13.1. The predicted molar refractivity (Wildman–Crippen MR) is 87.3 cm³/mol. The fourth-order valence-electron chi connectivity index (χ4n) is 3.19. The SMILES string of the molecule is O=C(N[C@H]1CC[C@H](F)CC1)O[C@@H]1CCN(c2cn[nH]c(=O)c2Cl)C1. The second-order valence-electron chi connectivity index (χ2n) is 6.25. The molecule has 132 valence electrons. The van der Waals surface area contributed by atoms with Crippen LogP contribution in [0.25, 0.3) is 0 Å². The van der Waals surface area contributed by atoms with Gasteiger partial charge in [0, 0.05) is 19.0 Å². The third kappa shape index (κ3) is 3.98. The molecule has 3 rings (SSSR count). The molecule has 2 heterocycles. The molecule has 1 atom stereocenters. The number of anilines is 1. The van der Waals surface area contributed by atoms with E-state index in [-0.39, 0.29) is 17.2 Å². The van der Waals surface area contributed by atoms with Gasteiger partial charge in [0.1, 0.15) is 17.3 Å². The molecule has 1 aromatic rings. The molecular weight excluding hydrogens is 339 g/mol. The molecule has 1 aliphatic carbocycles. The van der Waals surface area contributed by atoms with Crippen molar-refractivity contribution in [3.8, 4) is 0 Å². The number of alkyl carbamates (subject to hydrolysis) is 1. The third-order valence-electron chi connectivity index (χ3n) is 4.52. The van der Waals surface area contributed by atoms with Crippen LogP contribution >= 0.6 is 11.6 Å². The second-order valence-corrected chi connectivity index (χ2v) is 6.63. The van der Waals surface area contributed by atoms with E-state index in [0.717, 1.165) is 0 Å². The van der Waals surface area contributed by atoms with E-state index in [4.69, 9.17) is 16.3 Å². The number of nitrogens with zero attached hydrogens (tertiary/aromatic N) is 2. The number of hydrogen-bond donors (Lipinski definition) is 2. The summed E-state index contributed by atoms with van der Waals surface area (Å²) in [6.45, 7) is 1.07. The standard InChI is InChI=1S/C15H20ClFN4O3/c16-13-12(7-18-20-14(13)22)21-6-5-11(8-21)24-15(23)19-10-3-1-9(17)2-4-10/h7,9-11H,1-6,8H2,(H,19,23)(H,20,22)/t9-,10-,11-/m1/s1. The summed E-state index contributed by atoms with van der Waals surface area (Å²) in [5, 5.41) is 8.90. The lowest BCUT2D eigenvalue weighted by atomic mass is 9.94. The highest BCUT2D eigenvalue weighted by Gasteiger charge is 2.29. The van der Waals surface area contributed by atoms with Crippen molar-refractivity contribution in [1.82, 2.24) is 15.5 Å². The predicted octanol–water partition coefficient (Wildman–Crippen LogP) is 2.01. The molecule has 1 amide bonds. The van der Waals surface area contributed by atoms with Crippen LogP contribution in [0.5, 0.6) is 0 Å². The Morgan fingerprint density at radius 3 is 2.88 bits per heavy atom. The first-order valence-electron chi connectivity index (χ1n) is 8.12. The first kappa shape index (κ1) is 17.0. The Hall–Kier alpha value is -1.83. The lowest BCUT2D eigenvalue weighted by molar-refractivity contribution is 0.100. The minimum atomic E-state index is -0.755. The minimum Gasteiger partial charge on any atom is -0.444 e. The number of halogens is 2. The summed E-state index contributed by atoms with van der Waals surface area (Å²) < 4.78 is 18.5. The molecule has 0 aromatic carbocycles. The monoisotopic (exact) mass is 358 g/mol. The average molecular weight is 359 g/mol. The van der Waals surface area contributed by atoms with Gasteiger partial charge in [-0.3, -0.25) is 4.79 Å². The van der Waals surface area contributed by atoms with Gasteiger partial charge in [0.05, 0.1) is 18.4 Å². The van der Waals surface area contributed by atoms with Gasteiger partial charge in [-0.2, -0.15) is 5.10 Å². The molecule has 1 saturated heterocycles. The summed E-state index contributed by atoms with van der Waals surface area (Å²) >= 11 is 5.99. The normalized spacial score (nSPS) is 27.1. The molecule has 2 N–H and O–H groups in total. The number of rotatable bonds is 3. The van der Waals surface area contributed by atoms with Crippen molar-refractivity contribution in [2.75, 3.05) is 18.0 Å². The number of hydrogen-bond acceptors (Lipinski definition) is 5. The largest absolute Gasteiger partial charge is 0.444 e. The van der Waals surface area contributed by atoms with E-state index in [2.05, 4.69) is 15.5 Å². The van der Waals surface area contributed by atoms with Crippen LogP contribution in [0.4, 0.5) is 14.9 Å². The molecule has 1 saturated carbocycles. The van der Waals surface area contributed by atoms with Crippen molar-refractivity contribution in [3.05, 3.63) is 21.6 Å². The van der Waals surface area contributed by atoms with Crippen molar-refractivity contribution in [2.45, 2.75) is 50.4 Å². The maximum Gasteiger partial charge on any atom is 0.407 e. The average Bonchev–Trinajstić information content (AvgIpc) is 3.00. The minimum absolute atomic E-state index is 0.0201. The number of aromatic nitrogens is 2. The fourth-order valence-corrected chi connectivity index (χ4v) is 3.40. The van der Waals surface area contributed by atoms with Crippen molar-refractivity contribution in [3.63, 3.8) is 0 Å². The number of carbonyl (C=O) groups excluding carboxylic acids is 1. The summed E-state index contributed by atoms with van der Waals surface area (Å²) in [7, 11) is 0. The summed E-state index contributed by atoms with van der Waals surface area (Å²) in [6.07, 6.45) is 2.87. The highest BCUT2D eigenvalue weighted by atomic mass is 35.5. The molecule has 24 heavy (non-hydrogen) atoms. The van der Waals surface area contributed by atoms with Crippen LogP contribution in [-0.4, -0.2) is 47.7 Å². The molecule has 2 aliphatic rings. The van der Waals surface area contributed by atoms with E-state index < -0.39 is 17.8 Å². The van der Waals surface area contributed by atoms with Crippen LogP contribution < -0.4 is 15.8 Å². The second kappa shape index (κ2) is 7.38. The van der Waals surface area contributed by atoms with Gasteiger partial charge in [-0.25, -0.2) is 14.3 Å². The smallest absolute Gasteiger partial charge is 0.407 e. The zero-order chi connectivity index (χ0) is 17.1. The number of ether oxygens (including phenoxy) is 1. The van der Waals surface area contributed by atoms with Crippen LogP contribution in [-0.2, 0) is 4.74 Å². The van der Waals surface area contributed by atoms with Gasteiger partial charge < -0.3 is 15.0 Å². The Balaban J connectivity index is 1.50. The lowest BCUT2D eigenvalue weighted by Gasteiger charge is -2.25. The van der Waals surface area contributed by atoms with Gasteiger partial charge in [-0.05, 0) is 25.7 Å². The Labute approximate surface area is 143 Å². The zero-order valence-corrected chi connectivity index (χ0v) is 13.9. The molecule has 0 spiro atoms. The topological polar surface area (TPSA) is 87.3 Å². The van der Waals surface area contributed by atoms with Gasteiger partial charge in [-0.15, -0.1) is 0 Å². The highest BCUT2D eigenvalue weighted by Crippen LogP contribution is 2.26. The molecule has 1 aliphatic heterocycles. The summed E-state index contributed by atoms with van der Waals surface area (Å²) in [5.41, 5.74) is 0.0907. The van der Waals surface area contributed by atoms with Crippen molar-refractivity contribution >= 4 is 23.4 Å². The van der Waals surface area contributed by atoms with E-state index in [1.807, 2.05) is 4.90 Å². The first-order valence-corrected chi connectivity index (χ1v) is 8.50. The van der Waals surface area contributed by atoms with Gasteiger partial charge in [0.25, 0.3) is 5.56 Å². The molecule has 7 nitrogen and oxygen atoms in total. The van der Waals surface area contributed by atoms with E-state index in [0.29, 0.717) is 50.9 Å². The molecule has 1 aromatic heterocycles. The Kier molecular flexibility index (Phi) is 5.23. The number of nitrogens with one attached hydrogen (secondary N) is 2.